The molecule has 166 valence electrons. The molecule has 0 radical (unpaired) electrons. The second kappa shape index (κ2) is 9.36. The summed E-state index contributed by atoms with van der Waals surface area (Å²) in [5, 5.41) is 0. The van der Waals surface area contributed by atoms with Crippen molar-refractivity contribution in [2.24, 2.45) is 0 Å². The SMILES string of the molecule is O=C(CCc1ccc(S(=O)(=O)NC2CC2)cc1)N1CCCN(c2ccc(F)cc2)CC1. The predicted molar refractivity (Wildman–Crippen MR) is 118 cm³/mol. The number of carbonyl (C=O) groups is 1. The van der Waals surface area contributed by atoms with E-state index in [1.54, 1.807) is 36.4 Å². The standard InChI is InChI=1S/C23H28FN3O3S/c24-19-5-9-21(10-6-19)26-14-1-15-27(17-16-26)23(28)13-4-18-2-11-22(12-3-18)31(29,30)25-20-7-8-20/h2-3,5-6,9-12,20,25H,1,4,7-8,13-17H2. The van der Waals surface area contributed by atoms with Crippen molar-refractivity contribution in [1.82, 2.24) is 9.62 Å². The molecule has 0 unspecified atom stereocenters. The van der Waals surface area contributed by atoms with Crippen molar-refractivity contribution in [3.05, 3.63) is 59.9 Å². The van der Waals surface area contributed by atoms with Crippen molar-refractivity contribution >= 4 is 21.6 Å². The first-order valence-electron chi connectivity index (χ1n) is 10.8. The third-order valence-corrected chi connectivity index (χ3v) is 7.34. The number of carbonyl (C=O) groups excluding carboxylic acids is 1. The minimum atomic E-state index is -3.45. The van der Waals surface area contributed by atoms with Crippen LogP contribution >= 0.6 is 0 Å². The summed E-state index contributed by atoms with van der Waals surface area (Å²) in [5.41, 5.74) is 1.92. The summed E-state index contributed by atoms with van der Waals surface area (Å²) >= 11 is 0. The van der Waals surface area contributed by atoms with Crippen molar-refractivity contribution in [3.63, 3.8) is 0 Å². The fourth-order valence-electron chi connectivity index (χ4n) is 3.81. The molecule has 6 nitrogen and oxygen atoms in total. The largest absolute Gasteiger partial charge is 0.370 e. The highest BCUT2D eigenvalue weighted by Crippen LogP contribution is 2.22. The average molecular weight is 446 g/mol. The Morgan fingerprint density at radius 1 is 0.968 bits per heavy atom. The third-order valence-electron chi connectivity index (χ3n) is 5.80. The van der Waals surface area contributed by atoms with Crippen LogP contribution in [0.1, 0.15) is 31.2 Å². The van der Waals surface area contributed by atoms with Gasteiger partial charge in [-0.2, -0.15) is 0 Å². The van der Waals surface area contributed by atoms with Gasteiger partial charge in [0.05, 0.1) is 4.90 Å². The Bertz CT molecular complexity index is 1010. The van der Waals surface area contributed by atoms with Gasteiger partial charge in [-0.15, -0.1) is 0 Å². The van der Waals surface area contributed by atoms with Crippen molar-refractivity contribution in [2.45, 2.75) is 43.0 Å². The molecule has 2 aromatic carbocycles. The van der Waals surface area contributed by atoms with Gasteiger partial charge in [-0.05, 0) is 67.6 Å². The molecule has 1 saturated carbocycles. The number of anilines is 1. The average Bonchev–Trinajstić information content (AvgIpc) is 3.59. The van der Waals surface area contributed by atoms with E-state index >= 15 is 0 Å². The van der Waals surface area contributed by atoms with Gasteiger partial charge in [0.25, 0.3) is 0 Å². The second-order valence-corrected chi connectivity index (χ2v) is 9.95. The molecule has 1 N–H and O–H groups in total. The molecule has 1 aliphatic carbocycles. The highest BCUT2D eigenvalue weighted by atomic mass is 32.2. The molecule has 1 aliphatic heterocycles. The maximum Gasteiger partial charge on any atom is 0.240 e. The Labute approximate surface area is 183 Å². The molecule has 2 aromatic rings. The summed E-state index contributed by atoms with van der Waals surface area (Å²) in [6.07, 6.45) is 3.63. The molecule has 2 fully saturated rings. The lowest BCUT2D eigenvalue weighted by Crippen LogP contribution is -2.35. The highest BCUT2D eigenvalue weighted by molar-refractivity contribution is 7.89. The van der Waals surface area contributed by atoms with Gasteiger partial charge in [-0.3, -0.25) is 4.79 Å². The first-order valence-corrected chi connectivity index (χ1v) is 12.3. The van der Waals surface area contributed by atoms with E-state index in [0.717, 1.165) is 43.6 Å². The van der Waals surface area contributed by atoms with E-state index in [9.17, 15) is 17.6 Å². The van der Waals surface area contributed by atoms with Crippen LogP contribution in [0.3, 0.4) is 0 Å². The Balaban J connectivity index is 1.28. The number of nitrogens with zero attached hydrogens (tertiary/aromatic N) is 2. The van der Waals surface area contributed by atoms with Gasteiger partial charge in [0.15, 0.2) is 0 Å². The number of halogens is 1. The van der Waals surface area contributed by atoms with Crippen molar-refractivity contribution < 1.29 is 17.6 Å². The summed E-state index contributed by atoms with van der Waals surface area (Å²) in [6.45, 7) is 2.90. The van der Waals surface area contributed by atoms with E-state index in [-0.39, 0.29) is 22.7 Å². The smallest absolute Gasteiger partial charge is 0.240 e. The van der Waals surface area contributed by atoms with Crippen LogP contribution in [0.15, 0.2) is 53.4 Å². The number of hydrogen-bond acceptors (Lipinski definition) is 4. The minimum Gasteiger partial charge on any atom is -0.370 e. The number of aryl methyl sites for hydroxylation is 1. The maximum atomic E-state index is 13.2. The fraction of sp³-hybridized carbons (Fsp3) is 0.435. The van der Waals surface area contributed by atoms with Crippen LogP contribution in [0.25, 0.3) is 0 Å². The van der Waals surface area contributed by atoms with E-state index in [1.807, 2.05) is 4.90 Å². The zero-order chi connectivity index (χ0) is 21.8. The first kappa shape index (κ1) is 21.8. The monoisotopic (exact) mass is 445 g/mol. The first-order chi connectivity index (χ1) is 14.9. The molecule has 0 aromatic heterocycles. The summed E-state index contributed by atoms with van der Waals surface area (Å²) < 4.78 is 40.3. The van der Waals surface area contributed by atoms with E-state index < -0.39 is 10.0 Å². The van der Waals surface area contributed by atoms with Crippen LogP contribution in [-0.4, -0.2) is 51.4 Å². The molecule has 1 saturated heterocycles. The Morgan fingerprint density at radius 3 is 2.35 bits per heavy atom. The number of sulfonamides is 1. The fourth-order valence-corrected chi connectivity index (χ4v) is 5.12. The van der Waals surface area contributed by atoms with Crippen LogP contribution < -0.4 is 9.62 Å². The molecular formula is C23H28FN3O3S. The molecule has 4 rings (SSSR count). The number of rotatable bonds is 7. The molecule has 31 heavy (non-hydrogen) atoms. The lowest BCUT2D eigenvalue weighted by molar-refractivity contribution is -0.130. The second-order valence-electron chi connectivity index (χ2n) is 8.24. The zero-order valence-electron chi connectivity index (χ0n) is 17.5. The number of amides is 1. The van der Waals surface area contributed by atoms with Crippen molar-refractivity contribution in [1.29, 1.82) is 0 Å². The van der Waals surface area contributed by atoms with Gasteiger partial charge in [-0.1, -0.05) is 12.1 Å². The normalized spacial score (nSPS) is 17.5. The number of nitrogens with one attached hydrogen (secondary N) is 1. The van der Waals surface area contributed by atoms with Crippen LogP contribution in [0, 0.1) is 5.82 Å². The van der Waals surface area contributed by atoms with Gasteiger partial charge in [0, 0.05) is 44.3 Å². The molecular weight excluding hydrogens is 417 g/mol. The molecule has 0 atom stereocenters. The van der Waals surface area contributed by atoms with E-state index in [4.69, 9.17) is 0 Å². The summed E-state index contributed by atoms with van der Waals surface area (Å²) in [5.74, 6) is -0.145. The summed E-state index contributed by atoms with van der Waals surface area (Å²) in [6, 6.07) is 13.3. The Hall–Kier alpha value is -2.45. The molecule has 0 spiro atoms. The predicted octanol–water partition coefficient (Wildman–Crippen LogP) is 2.94. The Morgan fingerprint density at radius 2 is 1.68 bits per heavy atom. The van der Waals surface area contributed by atoms with Gasteiger partial charge in [0.1, 0.15) is 5.82 Å². The van der Waals surface area contributed by atoms with Crippen molar-refractivity contribution in [3.8, 4) is 0 Å². The van der Waals surface area contributed by atoms with E-state index in [0.29, 0.717) is 25.9 Å². The molecule has 1 heterocycles. The van der Waals surface area contributed by atoms with E-state index in [1.165, 1.54) is 12.1 Å². The van der Waals surface area contributed by atoms with Gasteiger partial charge < -0.3 is 9.80 Å². The highest BCUT2D eigenvalue weighted by Gasteiger charge is 2.27. The number of benzene rings is 2. The van der Waals surface area contributed by atoms with Crippen LogP contribution in [-0.2, 0) is 21.2 Å². The molecule has 1 amide bonds. The van der Waals surface area contributed by atoms with Gasteiger partial charge in [0.2, 0.25) is 15.9 Å². The third kappa shape index (κ3) is 5.83. The van der Waals surface area contributed by atoms with Crippen molar-refractivity contribution in [2.75, 3.05) is 31.1 Å². The molecule has 2 aliphatic rings. The zero-order valence-corrected chi connectivity index (χ0v) is 18.3. The van der Waals surface area contributed by atoms with Crippen LogP contribution in [0.4, 0.5) is 10.1 Å². The minimum absolute atomic E-state index is 0.0786. The van der Waals surface area contributed by atoms with Gasteiger partial charge in [-0.25, -0.2) is 17.5 Å². The summed E-state index contributed by atoms with van der Waals surface area (Å²) in [7, 11) is -3.45. The Kier molecular flexibility index (Phi) is 6.57. The van der Waals surface area contributed by atoms with Crippen LogP contribution in [0.5, 0.6) is 0 Å². The lowest BCUT2D eigenvalue weighted by atomic mass is 10.1. The van der Waals surface area contributed by atoms with E-state index in [2.05, 4.69) is 9.62 Å². The summed E-state index contributed by atoms with van der Waals surface area (Å²) in [4.78, 5) is 17.1. The van der Waals surface area contributed by atoms with Crippen LogP contribution in [0.2, 0.25) is 0 Å². The molecule has 8 heteroatoms. The maximum absolute atomic E-state index is 13.2. The lowest BCUT2D eigenvalue weighted by Gasteiger charge is -2.23. The number of hydrogen-bond donors (Lipinski definition) is 1. The topological polar surface area (TPSA) is 69.7 Å². The van der Waals surface area contributed by atoms with Gasteiger partial charge >= 0.3 is 0 Å². The quantitative estimate of drug-likeness (QED) is 0.712. The molecule has 0 bridgehead atoms.